The Balaban J connectivity index is 1.72. The molecule has 0 radical (unpaired) electrons. The van der Waals surface area contributed by atoms with Crippen molar-refractivity contribution in [1.29, 1.82) is 0 Å². The highest BCUT2D eigenvalue weighted by Crippen LogP contribution is 2.28. The molecule has 4 aromatic rings. The fourth-order valence-corrected chi connectivity index (χ4v) is 4.06. The SMILES string of the molecule is CCCCC(NC(=O)c1[nH]c(-c2ccccc2)nc1-c1cccc(CC)c1)c1ccccc1. The fourth-order valence-electron chi connectivity index (χ4n) is 4.06. The summed E-state index contributed by atoms with van der Waals surface area (Å²) in [5.41, 5.74) is 5.42. The highest BCUT2D eigenvalue weighted by molar-refractivity contribution is 5.99. The molecule has 0 aliphatic rings. The molecule has 1 heterocycles. The lowest BCUT2D eigenvalue weighted by molar-refractivity contribution is 0.0930. The monoisotopic (exact) mass is 437 g/mol. The van der Waals surface area contributed by atoms with Gasteiger partial charge in [0, 0.05) is 11.1 Å². The molecule has 168 valence electrons. The Hall–Kier alpha value is -3.66. The van der Waals surface area contributed by atoms with E-state index in [1.54, 1.807) is 0 Å². The zero-order valence-corrected chi connectivity index (χ0v) is 19.3. The Labute approximate surface area is 196 Å². The van der Waals surface area contributed by atoms with Crippen molar-refractivity contribution in [3.8, 4) is 22.6 Å². The molecule has 4 heteroatoms. The number of unbranched alkanes of at least 4 members (excludes halogenated alkanes) is 1. The lowest BCUT2D eigenvalue weighted by atomic mass is 10.0. The summed E-state index contributed by atoms with van der Waals surface area (Å²) in [4.78, 5) is 21.8. The first kappa shape index (κ1) is 22.5. The minimum atomic E-state index is -0.133. The minimum absolute atomic E-state index is 0.0445. The molecule has 1 amide bonds. The molecule has 0 fully saturated rings. The number of nitrogens with one attached hydrogen (secondary N) is 2. The summed E-state index contributed by atoms with van der Waals surface area (Å²) in [6.07, 6.45) is 3.95. The maximum absolute atomic E-state index is 13.6. The van der Waals surface area contributed by atoms with Crippen LogP contribution in [0.5, 0.6) is 0 Å². The highest BCUT2D eigenvalue weighted by atomic mass is 16.2. The van der Waals surface area contributed by atoms with Crippen LogP contribution in [0.15, 0.2) is 84.9 Å². The normalized spacial score (nSPS) is 11.8. The number of benzene rings is 3. The number of aromatic nitrogens is 2. The summed E-state index contributed by atoms with van der Waals surface area (Å²) in [5, 5.41) is 3.28. The predicted octanol–water partition coefficient (Wildman–Crippen LogP) is 6.97. The van der Waals surface area contributed by atoms with Gasteiger partial charge in [0.2, 0.25) is 0 Å². The quantitative estimate of drug-likeness (QED) is 0.297. The Kier molecular flexibility index (Phi) is 7.36. The van der Waals surface area contributed by atoms with Gasteiger partial charge in [-0.1, -0.05) is 106 Å². The maximum atomic E-state index is 13.6. The number of hydrogen-bond acceptors (Lipinski definition) is 2. The molecular weight excluding hydrogens is 406 g/mol. The largest absolute Gasteiger partial charge is 0.344 e. The van der Waals surface area contributed by atoms with Crippen LogP contribution >= 0.6 is 0 Å². The zero-order chi connectivity index (χ0) is 23.0. The van der Waals surface area contributed by atoms with E-state index < -0.39 is 0 Å². The van der Waals surface area contributed by atoms with Crippen LogP contribution in [0.4, 0.5) is 0 Å². The maximum Gasteiger partial charge on any atom is 0.270 e. The number of amides is 1. The van der Waals surface area contributed by atoms with Gasteiger partial charge in [0.1, 0.15) is 17.2 Å². The third-order valence-corrected chi connectivity index (χ3v) is 5.94. The van der Waals surface area contributed by atoms with Gasteiger partial charge in [-0.2, -0.15) is 0 Å². The van der Waals surface area contributed by atoms with Crippen LogP contribution < -0.4 is 5.32 Å². The van der Waals surface area contributed by atoms with Crippen LogP contribution in [0.2, 0.25) is 0 Å². The first-order valence-electron chi connectivity index (χ1n) is 11.8. The van der Waals surface area contributed by atoms with Gasteiger partial charge >= 0.3 is 0 Å². The summed E-state index contributed by atoms with van der Waals surface area (Å²) in [7, 11) is 0. The second kappa shape index (κ2) is 10.8. The Morgan fingerprint density at radius 2 is 1.61 bits per heavy atom. The van der Waals surface area contributed by atoms with Crippen LogP contribution in [-0.4, -0.2) is 15.9 Å². The van der Waals surface area contributed by atoms with Gasteiger partial charge in [-0.05, 0) is 30.0 Å². The van der Waals surface area contributed by atoms with Crippen molar-refractivity contribution in [3.63, 3.8) is 0 Å². The van der Waals surface area contributed by atoms with E-state index in [0.717, 1.165) is 42.4 Å². The van der Waals surface area contributed by atoms with Crippen LogP contribution in [0.1, 0.15) is 60.8 Å². The first-order chi connectivity index (χ1) is 16.2. The van der Waals surface area contributed by atoms with Gasteiger partial charge in [-0.25, -0.2) is 4.98 Å². The van der Waals surface area contributed by atoms with Crippen molar-refractivity contribution >= 4 is 5.91 Å². The molecule has 33 heavy (non-hydrogen) atoms. The van der Waals surface area contributed by atoms with E-state index in [9.17, 15) is 4.79 Å². The molecule has 0 aliphatic heterocycles. The van der Waals surface area contributed by atoms with Crippen molar-refractivity contribution in [1.82, 2.24) is 15.3 Å². The topological polar surface area (TPSA) is 57.8 Å². The van der Waals surface area contributed by atoms with Crippen molar-refractivity contribution in [2.75, 3.05) is 0 Å². The second-order valence-corrected chi connectivity index (χ2v) is 8.31. The second-order valence-electron chi connectivity index (χ2n) is 8.31. The molecule has 1 atom stereocenters. The number of hydrogen-bond donors (Lipinski definition) is 2. The van der Waals surface area contributed by atoms with E-state index in [2.05, 4.69) is 48.4 Å². The number of nitrogens with zero attached hydrogens (tertiary/aromatic N) is 1. The first-order valence-corrected chi connectivity index (χ1v) is 11.8. The lowest BCUT2D eigenvalue weighted by Crippen LogP contribution is -2.29. The number of rotatable bonds is 9. The smallest absolute Gasteiger partial charge is 0.270 e. The lowest BCUT2D eigenvalue weighted by Gasteiger charge is -2.19. The van der Waals surface area contributed by atoms with Gasteiger partial charge < -0.3 is 10.3 Å². The molecule has 2 N–H and O–H groups in total. The van der Waals surface area contributed by atoms with Gasteiger partial charge in [0.15, 0.2) is 0 Å². The average molecular weight is 438 g/mol. The van der Waals surface area contributed by atoms with Crippen molar-refractivity contribution < 1.29 is 4.79 Å². The van der Waals surface area contributed by atoms with Gasteiger partial charge in [-0.15, -0.1) is 0 Å². The number of aryl methyl sites for hydroxylation is 1. The molecule has 0 saturated heterocycles. The van der Waals surface area contributed by atoms with E-state index >= 15 is 0 Å². The number of carbonyl (C=O) groups is 1. The predicted molar refractivity (Wildman–Crippen MR) is 135 cm³/mol. The number of aromatic amines is 1. The Bertz CT molecular complexity index is 1180. The third kappa shape index (κ3) is 5.40. The molecule has 0 spiro atoms. The number of H-pyrrole nitrogens is 1. The van der Waals surface area contributed by atoms with Gasteiger partial charge in [0.05, 0.1) is 6.04 Å². The van der Waals surface area contributed by atoms with Crippen LogP contribution in [0, 0.1) is 0 Å². The summed E-state index contributed by atoms with van der Waals surface area (Å²) in [6.45, 7) is 4.30. The van der Waals surface area contributed by atoms with E-state index in [0.29, 0.717) is 17.2 Å². The van der Waals surface area contributed by atoms with Crippen LogP contribution in [-0.2, 0) is 6.42 Å². The van der Waals surface area contributed by atoms with Gasteiger partial charge in [0.25, 0.3) is 5.91 Å². The summed E-state index contributed by atoms with van der Waals surface area (Å²) in [6, 6.07) is 28.4. The van der Waals surface area contributed by atoms with E-state index in [1.807, 2.05) is 60.7 Å². The summed E-state index contributed by atoms with van der Waals surface area (Å²) >= 11 is 0. The molecule has 1 unspecified atom stereocenters. The fraction of sp³-hybridized carbons (Fsp3) is 0.241. The Morgan fingerprint density at radius 3 is 2.30 bits per heavy atom. The van der Waals surface area contributed by atoms with Crippen molar-refractivity contribution in [2.45, 2.75) is 45.6 Å². The average Bonchev–Trinajstić information content (AvgIpc) is 3.33. The van der Waals surface area contributed by atoms with Crippen LogP contribution in [0.25, 0.3) is 22.6 Å². The number of carbonyl (C=O) groups excluding carboxylic acids is 1. The molecule has 0 aliphatic carbocycles. The molecular formula is C29H31N3O. The summed E-state index contributed by atoms with van der Waals surface area (Å²) < 4.78 is 0. The van der Waals surface area contributed by atoms with Gasteiger partial charge in [-0.3, -0.25) is 4.79 Å². The standard InChI is InChI=1S/C29H31N3O/c1-3-5-19-25(22-14-8-6-9-15-22)30-29(33)27-26(24-18-12-13-21(4-2)20-24)31-28(32-27)23-16-10-7-11-17-23/h6-18,20,25H,3-5,19H2,1-2H3,(H,30,33)(H,31,32). The van der Waals surface area contributed by atoms with E-state index in [1.165, 1.54) is 5.56 Å². The van der Waals surface area contributed by atoms with Crippen molar-refractivity contribution in [2.24, 2.45) is 0 Å². The zero-order valence-electron chi connectivity index (χ0n) is 19.3. The van der Waals surface area contributed by atoms with Crippen molar-refractivity contribution in [3.05, 3.63) is 102 Å². The molecule has 4 rings (SSSR count). The van der Waals surface area contributed by atoms with E-state index in [4.69, 9.17) is 4.98 Å². The Morgan fingerprint density at radius 1 is 0.909 bits per heavy atom. The minimum Gasteiger partial charge on any atom is -0.344 e. The molecule has 3 aromatic carbocycles. The molecule has 1 aromatic heterocycles. The molecule has 4 nitrogen and oxygen atoms in total. The van der Waals surface area contributed by atoms with E-state index in [-0.39, 0.29) is 11.9 Å². The molecule has 0 saturated carbocycles. The number of imidazole rings is 1. The third-order valence-electron chi connectivity index (χ3n) is 5.94. The highest BCUT2D eigenvalue weighted by Gasteiger charge is 2.22. The molecule has 0 bridgehead atoms. The summed E-state index contributed by atoms with van der Waals surface area (Å²) in [5.74, 6) is 0.564. The van der Waals surface area contributed by atoms with Crippen LogP contribution in [0.3, 0.4) is 0 Å².